The molecular formula is C9H15NO4. The van der Waals surface area contributed by atoms with Gasteiger partial charge in [-0.2, -0.15) is 0 Å². The third-order valence-corrected chi connectivity index (χ3v) is 3.21. The predicted octanol–water partition coefficient (Wildman–Crippen LogP) is -2.32. The van der Waals surface area contributed by atoms with Gasteiger partial charge in [-0.1, -0.05) is 6.58 Å². The predicted molar refractivity (Wildman–Crippen MR) is 48.5 cm³/mol. The van der Waals surface area contributed by atoms with Gasteiger partial charge in [-0.15, -0.1) is 0 Å². The Morgan fingerprint density at radius 1 is 1.36 bits per heavy atom. The molecule has 2 fully saturated rings. The summed E-state index contributed by atoms with van der Waals surface area (Å²) in [5.74, 6) is 0. The summed E-state index contributed by atoms with van der Waals surface area (Å²) in [5, 5.41) is 37.8. The topological polar surface area (TPSA) is 84.2 Å². The van der Waals surface area contributed by atoms with Crippen LogP contribution in [-0.2, 0) is 0 Å². The van der Waals surface area contributed by atoms with Crippen molar-refractivity contribution in [2.24, 2.45) is 0 Å². The molecule has 2 rings (SSSR count). The lowest BCUT2D eigenvalue weighted by Crippen LogP contribution is -2.39. The fraction of sp³-hybridized carbons (Fsp3) is 0.778. The maximum absolute atomic E-state index is 9.67. The van der Waals surface area contributed by atoms with Crippen LogP contribution in [0.4, 0.5) is 0 Å². The number of nitrogens with zero attached hydrogens (tertiary/aromatic N) is 1. The number of aliphatic hydroxyl groups is 4. The van der Waals surface area contributed by atoms with Gasteiger partial charge in [0.05, 0.1) is 30.9 Å². The Labute approximate surface area is 81.9 Å². The number of hydrogen-bond acceptors (Lipinski definition) is 5. The van der Waals surface area contributed by atoms with Crippen LogP contribution in [0.2, 0.25) is 0 Å². The minimum Gasteiger partial charge on any atom is -0.395 e. The first-order valence-electron chi connectivity index (χ1n) is 4.67. The maximum Gasteiger partial charge on any atom is 0.101 e. The molecule has 2 aliphatic heterocycles. The molecule has 0 unspecified atom stereocenters. The number of fused-ring (bicyclic) bond motifs is 1. The highest BCUT2D eigenvalue weighted by molar-refractivity contribution is 5.27. The van der Waals surface area contributed by atoms with Crippen LogP contribution in [0, 0.1) is 0 Å². The van der Waals surface area contributed by atoms with Crippen molar-refractivity contribution in [1.82, 2.24) is 4.90 Å². The monoisotopic (exact) mass is 201 g/mol. The summed E-state index contributed by atoms with van der Waals surface area (Å²) in [7, 11) is 0. The van der Waals surface area contributed by atoms with Crippen LogP contribution in [0.3, 0.4) is 0 Å². The molecule has 0 aromatic heterocycles. The summed E-state index contributed by atoms with van der Waals surface area (Å²) in [5.41, 5.74) is 0.480. The highest BCUT2D eigenvalue weighted by Gasteiger charge is 2.52. The molecule has 5 nitrogen and oxygen atoms in total. The second-order valence-corrected chi connectivity index (χ2v) is 3.97. The molecule has 0 saturated carbocycles. The van der Waals surface area contributed by atoms with E-state index >= 15 is 0 Å². The molecule has 2 heterocycles. The van der Waals surface area contributed by atoms with Gasteiger partial charge < -0.3 is 20.4 Å². The fourth-order valence-corrected chi connectivity index (χ4v) is 2.43. The van der Waals surface area contributed by atoms with Crippen molar-refractivity contribution in [2.45, 2.75) is 30.4 Å². The number of rotatable bonds is 1. The van der Waals surface area contributed by atoms with Crippen LogP contribution in [-0.4, -0.2) is 68.9 Å². The lowest BCUT2D eigenvalue weighted by Gasteiger charge is -2.22. The van der Waals surface area contributed by atoms with E-state index in [9.17, 15) is 15.3 Å². The second-order valence-electron chi connectivity index (χ2n) is 3.97. The zero-order valence-corrected chi connectivity index (χ0v) is 7.74. The van der Waals surface area contributed by atoms with E-state index in [1.165, 1.54) is 0 Å². The normalized spacial score (nSPS) is 48.6. The van der Waals surface area contributed by atoms with E-state index in [0.717, 1.165) is 0 Å². The van der Waals surface area contributed by atoms with Gasteiger partial charge in [0.1, 0.15) is 6.10 Å². The third-order valence-electron chi connectivity index (χ3n) is 3.21. The molecule has 5 atom stereocenters. The quantitative estimate of drug-likeness (QED) is 0.358. The standard InChI is InChI=1S/C9H15NO4/c1-4-7-9(14)6(12)2-10(7)5(3-11)8(4)13/h5-9,11-14H,1-3H2/t5-,6+,7-,8-,9-/m0/s1. The van der Waals surface area contributed by atoms with E-state index < -0.39 is 30.4 Å². The van der Waals surface area contributed by atoms with Gasteiger partial charge in [-0.25, -0.2) is 0 Å². The van der Waals surface area contributed by atoms with Crippen molar-refractivity contribution in [1.29, 1.82) is 0 Å². The maximum atomic E-state index is 9.67. The molecular weight excluding hydrogens is 186 g/mol. The fourth-order valence-electron chi connectivity index (χ4n) is 2.43. The average Bonchev–Trinajstić information content (AvgIpc) is 2.54. The minimum atomic E-state index is -0.909. The molecule has 0 spiro atoms. The van der Waals surface area contributed by atoms with Crippen LogP contribution in [0.1, 0.15) is 0 Å². The van der Waals surface area contributed by atoms with Crippen molar-refractivity contribution in [3.8, 4) is 0 Å². The largest absolute Gasteiger partial charge is 0.395 e. The SMILES string of the molecule is C=C1[C@H](O)[C@H](CO)N2C[C@@H](O)[C@H](O)[C@H]12. The Hall–Kier alpha value is -0.460. The van der Waals surface area contributed by atoms with E-state index in [0.29, 0.717) is 5.57 Å². The smallest absolute Gasteiger partial charge is 0.101 e. The molecule has 14 heavy (non-hydrogen) atoms. The summed E-state index contributed by atoms with van der Waals surface area (Å²) in [6.07, 6.45) is -2.54. The zero-order valence-electron chi connectivity index (χ0n) is 7.74. The van der Waals surface area contributed by atoms with Crippen LogP contribution >= 0.6 is 0 Å². The lowest BCUT2D eigenvalue weighted by molar-refractivity contribution is 0.0426. The molecule has 0 aromatic carbocycles. The van der Waals surface area contributed by atoms with E-state index in [1.807, 2.05) is 0 Å². The molecule has 2 saturated heterocycles. The Kier molecular flexibility index (Phi) is 2.36. The second kappa shape index (κ2) is 3.29. The first kappa shape index (κ1) is 10.1. The van der Waals surface area contributed by atoms with Crippen molar-refractivity contribution < 1.29 is 20.4 Å². The first-order valence-corrected chi connectivity index (χ1v) is 4.67. The molecule has 0 aliphatic carbocycles. The highest BCUT2D eigenvalue weighted by Crippen LogP contribution is 2.36. The molecule has 0 bridgehead atoms. The zero-order chi connectivity index (χ0) is 10.5. The minimum absolute atomic E-state index is 0.198. The van der Waals surface area contributed by atoms with Crippen LogP contribution in [0.5, 0.6) is 0 Å². The van der Waals surface area contributed by atoms with Gasteiger partial charge in [0.2, 0.25) is 0 Å². The third kappa shape index (κ3) is 1.14. The summed E-state index contributed by atoms with van der Waals surface area (Å²) in [6.45, 7) is 3.76. The van der Waals surface area contributed by atoms with Gasteiger partial charge in [0, 0.05) is 6.54 Å². The van der Waals surface area contributed by atoms with E-state index in [2.05, 4.69) is 6.58 Å². The summed E-state index contributed by atoms with van der Waals surface area (Å²) >= 11 is 0. The Morgan fingerprint density at radius 3 is 2.57 bits per heavy atom. The van der Waals surface area contributed by atoms with E-state index in [1.54, 1.807) is 4.90 Å². The molecule has 4 N–H and O–H groups in total. The van der Waals surface area contributed by atoms with E-state index in [4.69, 9.17) is 5.11 Å². The Bertz CT molecular complexity index is 257. The average molecular weight is 201 g/mol. The summed E-state index contributed by atoms with van der Waals surface area (Å²) in [6, 6.07) is -0.864. The lowest BCUT2D eigenvalue weighted by atomic mass is 10.0. The number of hydrogen-bond donors (Lipinski definition) is 4. The van der Waals surface area contributed by atoms with Gasteiger partial charge in [0.25, 0.3) is 0 Å². The van der Waals surface area contributed by atoms with Crippen LogP contribution in [0.25, 0.3) is 0 Å². The summed E-state index contributed by atoms with van der Waals surface area (Å²) in [4.78, 5) is 1.71. The molecule has 80 valence electrons. The van der Waals surface area contributed by atoms with Crippen molar-refractivity contribution >= 4 is 0 Å². The van der Waals surface area contributed by atoms with Crippen molar-refractivity contribution in [3.63, 3.8) is 0 Å². The number of aliphatic hydroxyl groups excluding tert-OH is 4. The molecule has 5 heteroatoms. The van der Waals surface area contributed by atoms with E-state index in [-0.39, 0.29) is 13.2 Å². The molecule has 0 amide bonds. The van der Waals surface area contributed by atoms with Gasteiger partial charge >= 0.3 is 0 Å². The highest BCUT2D eigenvalue weighted by atomic mass is 16.3. The molecule has 0 radical (unpaired) electrons. The van der Waals surface area contributed by atoms with Gasteiger partial charge in [0.15, 0.2) is 0 Å². The molecule has 2 aliphatic rings. The Balaban J connectivity index is 2.26. The van der Waals surface area contributed by atoms with Crippen molar-refractivity contribution in [2.75, 3.05) is 13.2 Å². The van der Waals surface area contributed by atoms with Gasteiger partial charge in [-0.05, 0) is 5.57 Å². The van der Waals surface area contributed by atoms with Crippen LogP contribution in [0.15, 0.2) is 12.2 Å². The Morgan fingerprint density at radius 2 is 2.00 bits per heavy atom. The first-order chi connectivity index (χ1) is 6.57. The molecule has 0 aromatic rings. The van der Waals surface area contributed by atoms with Gasteiger partial charge in [-0.3, -0.25) is 4.90 Å². The van der Waals surface area contributed by atoms with Crippen molar-refractivity contribution in [3.05, 3.63) is 12.2 Å². The summed E-state index contributed by atoms with van der Waals surface area (Å²) < 4.78 is 0. The van der Waals surface area contributed by atoms with Crippen LogP contribution < -0.4 is 0 Å².